The van der Waals surface area contributed by atoms with E-state index >= 15 is 0 Å². The van der Waals surface area contributed by atoms with Crippen LogP contribution in [-0.2, 0) is 4.94 Å². The highest BCUT2D eigenvalue weighted by Crippen LogP contribution is 2.25. The molecule has 2 aromatic rings. The quantitative estimate of drug-likeness (QED) is 0.803. The Balaban J connectivity index is 1.67. The summed E-state index contributed by atoms with van der Waals surface area (Å²) in [4.78, 5) is 17.0. The number of hydrogen-bond acceptors (Lipinski definition) is 5. The lowest BCUT2D eigenvalue weighted by Gasteiger charge is -2.16. The third-order valence-electron chi connectivity index (χ3n) is 2.95. The second-order valence-electron chi connectivity index (χ2n) is 4.62. The molecule has 0 atom stereocenters. The summed E-state index contributed by atoms with van der Waals surface area (Å²) < 4.78 is 0. The maximum atomic E-state index is 11.9. The minimum atomic E-state index is -0.516. The highest BCUT2D eigenvalue weighted by atomic mass is 35.5. The van der Waals surface area contributed by atoms with Gasteiger partial charge in [0.2, 0.25) is 0 Å². The summed E-state index contributed by atoms with van der Waals surface area (Å²) in [5, 5.41) is 17.1. The molecule has 23 heavy (non-hydrogen) atoms. The van der Waals surface area contributed by atoms with Crippen LogP contribution in [-0.4, -0.2) is 16.5 Å². The van der Waals surface area contributed by atoms with Crippen molar-refractivity contribution in [3.8, 4) is 0 Å². The van der Waals surface area contributed by atoms with Crippen molar-refractivity contribution in [3.63, 3.8) is 0 Å². The molecule has 0 unspecified atom stereocenters. The Morgan fingerprint density at radius 1 is 1.09 bits per heavy atom. The summed E-state index contributed by atoms with van der Waals surface area (Å²) in [5.74, 6) is 0.0541. The van der Waals surface area contributed by atoms with E-state index in [2.05, 4.69) is 10.6 Å². The molecule has 8 heteroatoms. The number of urea groups is 1. The second-order valence-corrected chi connectivity index (χ2v) is 5.06. The molecule has 2 amide bonds. The second kappa shape index (κ2) is 6.57. The van der Waals surface area contributed by atoms with E-state index in [0.717, 1.165) is 0 Å². The van der Waals surface area contributed by atoms with Gasteiger partial charge in [0, 0.05) is 10.7 Å². The van der Waals surface area contributed by atoms with Gasteiger partial charge in [-0.1, -0.05) is 41.1 Å². The van der Waals surface area contributed by atoms with Gasteiger partial charge in [0.15, 0.2) is 5.82 Å². The lowest BCUT2D eigenvalue weighted by Crippen LogP contribution is -2.33. The van der Waals surface area contributed by atoms with Crippen molar-refractivity contribution in [1.29, 1.82) is 0 Å². The van der Waals surface area contributed by atoms with Gasteiger partial charge in [-0.15, -0.1) is 4.94 Å². The van der Waals surface area contributed by atoms with Crippen molar-refractivity contribution in [2.75, 3.05) is 10.4 Å². The summed E-state index contributed by atoms with van der Waals surface area (Å²) in [6, 6.07) is 15.3. The van der Waals surface area contributed by atoms with E-state index in [1.807, 2.05) is 6.07 Å². The molecule has 118 valence electrons. The molecule has 0 aliphatic carbocycles. The van der Waals surface area contributed by atoms with Gasteiger partial charge in [-0.2, -0.15) is 5.06 Å². The van der Waals surface area contributed by atoms with Gasteiger partial charge in [-0.3, -0.25) is 10.5 Å². The number of halogens is 1. The number of carbonyl (C=O) groups is 1. The lowest BCUT2D eigenvalue weighted by atomic mass is 10.3. The Hall–Kier alpha value is -2.74. The fraction of sp³-hybridized carbons (Fsp3) is 0. The molecule has 1 heterocycles. The average Bonchev–Trinajstić information content (AvgIpc) is 2.89. The van der Waals surface area contributed by atoms with Crippen molar-refractivity contribution in [3.05, 3.63) is 71.6 Å². The number of benzene rings is 2. The van der Waals surface area contributed by atoms with E-state index in [4.69, 9.17) is 16.5 Å². The molecule has 0 saturated carbocycles. The predicted molar refractivity (Wildman–Crippen MR) is 85.3 cm³/mol. The fourth-order valence-corrected chi connectivity index (χ4v) is 2.11. The van der Waals surface area contributed by atoms with Gasteiger partial charge in [-0.25, -0.2) is 4.79 Å². The maximum absolute atomic E-state index is 11.9. The molecule has 7 nitrogen and oxygen atoms in total. The summed E-state index contributed by atoms with van der Waals surface area (Å²) in [7, 11) is 0. The van der Waals surface area contributed by atoms with Gasteiger partial charge in [0.1, 0.15) is 0 Å². The Bertz CT molecular complexity index is 739. The monoisotopic (exact) mass is 332 g/mol. The minimum Gasteiger partial charge on any atom is -0.308 e. The number of para-hydroxylation sites is 1. The molecule has 1 aliphatic heterocycles. The number of carbonyl (C=O) groups excluding carboxylic acids is 1. The summed E-state index contributed by atoms with van der Waals surface area (Å²) in [6.07, 6.45) is 1.41. The first-order valence-electron chi connectivity index (χ1n) is 6.68. The Morgan fingerprint density at radius 3 is 2.61 bits per heavy atom. The van der Waals surface area contributed by atoms with Gasteiger partial charge in [0.25, 0.3) is 0 Å². The van der Waals surface area contributed by atoms with Crippen molar-refractivity contribution < 1.29 is 14.9 Å². The number of nitrogens with one attached hydrogen (secondary N) is 2. The summed E-state index contributed by atoms with van der Waals surface area (Å²) >= 11 is 5.91. The van der Waals surface area contributed by atoms with E-state index in [9.17, 15) is 10.0 Å². The molecule has 0 aromatic heterocycles. The van der Waals surface area contributed by atoms with Crippen LogP contribution in [0.5, 0.6) is 0 Å². The van der Waals surface area contributed by atoms with E-state index < -0.39 is 6.03 Å². The first-order valence-corrected chi connectivity index (χ1v) is 7.06. The molecule has 3 rings (SSSR count). The van der Waals surface area contributed by atoms with Crippen LogP contribution >= 0.6 is 11.6 Å². The zero-order chi connectivity index (χ0) is 16.2. The first kappa shape index (κ1) is 15.2. The highest BCUT2D eigenvalue weighted by Gasteiger charge is 2.24. The normalized spacial score (nSPS) is 13.7. The van der Waals surface area contributed by atoms with E-state index in [-0.39, 0.29) is 5.82 Å². The van der Waals surface area contributed by atoms with Crippen LogP contribution in [0.3, 0.4) is 0 Å². The van der Waals surface area contributed by atoms with Crippen LogP contribution in [0.15, 0.2) is 66.6 Å². The van der Waals surface area contributed by atoms with E-state index in [0.29, 0.717) is 21.6 Å². The number of rotatable bonds is 3. The van der Waals surface area contributed by atoms with Crippen molar-refractivity contribution in [1.82, 2.24) is 10.5 Å². The van der Waals surface area contributed by atoms with Crippen LogP contribution in [0.2, 0.25) is 5.02 Å². The minimum absolute atomic E-state index is 0.0541. The molecule has 0 bridgehead atoms. The molecule has 3 N–H and O–H groups in total. The van der Waals surface area contributed by atoms with Crippen molar-refractivity contribution in [2.45, 2.75) is 0 Å². The standard InChI is InChI=1S/C15H13ClN4O3/c16-11-5-4-8-13(9-11)19-10-14(20(22)23-19)18-15(21)17-12-6-2-1-3-7-12/h1-10,22H,(H2,17,18,21). The first-order chi connectivity index (χ1) is 11.1. The van der Waals surface area contributed by atoms with E-state index in [1.165, 1.54) is 11.3 Å². The van der Waals surface area contributed by atoms with Crippen molar-refractivity contribution >= 4 is 29.0 Å². The zero-order valence-corrected chi connectivity index (χ0v) is 12.6. The van der Waals surface area contributed by atoms with Crippen molar-refractivity contribution in [2.24, 2.45) is 0 Å². The number of amides is 2. The fourth-order valence-electron chi connectivity index (χ4n) is 1.93. The molecular formula is C15H13ClN4O3. The average molecular weight is 333 g/mol. The number of anilines is 2. The number of hydrogen-bond donors (Lipinski definition) is 3. The largest absolute Gasteiger partial charge is 0.324 e. The third-order valence-corrected chi connectivity index (χ3v) is 3.18. The Morgan fingerprint density at radius 2 is 1.87 bits per heavy atom. The Labute approximate surface area is 137 Å². The molecule has 0 fully saturated rings. The van der Waals surface area contributed by atoms with E-state index in [1.54, 1.807) is 48.5 Å². The van der Waals surface area contributed by atoms with Gasteiger partial charge < -0.3 is 5.32 Å². The Kier molecular flexibility index (Phi) is 4.33. The van der Waals surface area contributed by atoms with Crippen LogP contribution < -0.4 is 15.7 Å². The van der Waals surface area contributed by atoms with Crippen LogP contribution in [0.4, 0.5) is 16.2 Å². The highest BCUT2D eigenvalue weighted by molar-refractivity contribution is 6.30. The van der Waals surface area contributed by atoms with Gasteiger partial charge in [-0.05, 0) is 30.3 Å². The van der Waals surface area contributed by atoms with Crippen LogP contribution in [0, 0.1) is 0 Å². The van der Waals surface area contributed by atoms with Crippen LogP contribution in [0.25, 0.3) is 0 Å². The summed E-state index contributed by atoms with van der Waals surface area (Å²) in [5.41, 5.74) is 1.22. The lowest BCUT2D eigenvalue weighted by molar-refractivity contribution is -0.305. The summed E-state index contributed by atoms with van der Waals surface area (Å²) in [6.45, 7) is 0. The topological polar surface area (TPSA) is 77.1 Å². The smallest absolute Gasteiger partial charge is 0.308 e. The molecular weight excluding hydrogens is 320 g/mol. The molecule has 0 saturated heterocycles. The maximum Gasteiger partial charge on any atom is 0.324 e. The molecule has 0 spiro atoms. The van der Waals surface area contributed by atoms with Crippen LogP contribution in [0.1, 0.15) is 0 Å². The molecule has 0 radical (unpaired) electrons. The SMILES string of the molecule is O=C(NC1=CN(c2cccc(Cl)c2)ON1O)Nc1ccccc1. The van der Waals surface area contributed by atoms with Gasteiger partial charge >= 0.3 is 6.03 Å². The molecule has 1 aliphatic rings. The predicted octanol–water partition coefficient (Wildman–Crippen LogP) is 3.32. The number of nitrogens with zero attached hydrogens (tertiary/aromatic N) is 2. The molecule has 2 aromatic carbocycles. The number of hydroxylamine groups is 3. The van der Waals surface area contributed by atoms with Gasteiger partial charge in [0.05, 0.1) is 11.9 Å². The third kappa shape index (κ3) is 3.72. The zero-order valence-electron chi connectivity index (χ0n) is 11.8.